The fraction of sp³-hybridized carbons (Fsp3) is 0.380. The highest BCUT2D eigenvalue weighted by Crippen LogP contribution is 2.39. The monoisotopic (exact) mass is 868 g/mol. The fourth-order valence-electron chi connectivity index (χ4n) is 8.93. The second-order valence-corrected chi connectivity index (χ2v) is 16.6. The number of aldehydes is 1. The zero-order chi connectivity index (χ0) is 45.3. The van der Waals surface area contributed by atoms with Crippen molar-refractivity contribution in [2.45, 2.75) is 97.8 Å². The van der Waals surface area contributed by atoms with Gasteiger partial charge in [-0.05, 0) is 139 Å². The number of imidazole rings is 2. The molecule has 0 unspecified atom stereocenters. The van der Waals surface area contributed by atoms with Crippen molar-refractivity contribution >= 4 is 64.0 Å². The third-order valence-electron chi connectivity index (χ3n) is 12.2. The number of benzene rings is 4. The SMILES string of the molecule is CCOC(=O)C1CCC(n2c(NC(=O)c3cccc(C)c3)nc3cc(C=O)ccc32)CC1.CCOC(=O)C1CCC(n2c(NC(=O)c3cccc(C)c3)nc3cc(CO)ccc32)CC1. The van der Waals surface area contributed by atoms with Crippen molar-refractivity contribution in [3.8, 4) is 0 Å². The Morgan fingerprint density at radius 2 is 1.09 bits per heavy atom. The molecule has 3 N–H and O–H groups in total. The molecule has 0 radical (unpaired) electrons. The molecule has 14 nitrogen and oxygen atoms in total. The number of hydrogen-bond acceptors (Lipinski definition) is 10. The Morgan fingerprint density at radius 3 is 1.52 bits per heavy atom. The molecule has 6 aromatic rings. The van der Waals surface area contributed by atoms with Crippen molar-refractivity contribution in [2.24, 2.45) is 11.8 Å². The quantitative estimate of drug-likeness (QED) is 0.0792. The lowest BCUT2D eigenvalue weighted by molar-refractivity contribution is -0.150. The first-order valence-electron chi connectivity index (χ1n) is 22.2. The van der Waals surface area contributed by atoms with E-state index in [1.54, 1.807) is 24.3 Å². The van der Waals surface area contributed by atoms with Gasteiger partial charge in [-0.1, -0.05) is 41.5 Å². The summed E-state index contributed by atoms with van der Waals surface area (Å²) in [5.41, 5.74) is 7.58. The molecule has 2 amide bonds. The first kappa shape index (κ1) is 45.4. The van der Waals surface area contributed by atoms with Crippen LogP contribution in [-0.4, -0.2) is 67.5 Å². The van der Waals surface area contributed by atoms with Crippen molar-refractivity contribution in [1.29, 1.82) is 0 Å². The lowest BCUT2D eigenvalue weighted by Gasteiger charge is -2.29. The summed E-state index contributed by atoms with van der Waals surface area (Å²) in [5, 5.41) is 15.5. The summed E-state index contributed by atoms with van der Waals surface area (Å²) in [7, 11) is 0. The van der Waals surface area contributed by atoms with Gasteiger partial charge in [-0.15, -0.1) is 0 Å². The number of carbonyl (C=O) groups is 5. The molecule has 14 heteroatoms. The minimum Gasteiger partial charge on any atom is -0.466 e. The van der Waals surface area contributed by atoms with Gasteiger partial charge in [-0.2, -0.15) is 0 Å². The van der Waals surface area contributed by atoms with Crippen molar-refractivity contribution in [3.05, 3.63) is 118 Å². The summed E-state index contributed by atoms with van der Waals surface area (Å²) in [5.74, 6) is 0.0663. The number of aromatic nitrogens is 4. The minimum absolute atomic E-state index is 0.0710. The van der Waals surface area contributed by atoms with E-state index in [0.29, 0.717) is 47.3 Å². The molecule has 0 atom stereocenters. The maximum Gasteiger partial charge on any atom is 0.308 e. The molecular formula is C50H56N6O8. The van der Waals surface area contributed by atoms with E-state index in [2.05, 4.69) is 20.2 Å². The molecule has 0 spiro atoms. The highest BCUT2D eigenvalue weighted by molar-refractivity contribution is 6.05. The van der Waals surface area contributed by atoms with E-state index in [1.165, 1.54) is 0 Å². The Kier molecular flexibility index (Phi) is 14.7. The molecule has 4 aromatic carbocycles. The number of aliphatic hydroxyl groups excluding tert-OH is 1. The Labute approximate surface area is 372 Å². The Bertz CT molecular complexity index is 2650. The van der Waals surface area contributed by atoms with Crippen LogP contribution in [0.4, 0.5) is 11.9 Å². The van der Waals surface area contributed by atoms with E-state index in [9.17, 15) is 29.1 Å². The van der Waals surface area contributed by atoms with Crippen LogP contribution in [-0.2, 0) is 25.7 Å². The molecule has 0 bridgehead atoms. The maximum atomic E-state index is 12.9. The molecule has 8 rings (SSSR count). The van der Waals surface area contributed by atoms with E-state index < -0.39 is 0 Å². The topological polar surface area (TPSA) is 184 Å². The van der Waals surface area contributed by atoms with Gasteiger partial charge in [0.15, 0.2) is 0 Å². The summed E-state index contributed by atoms with van der Waals surface area (Å²) in [6, 6.07) is 26.0. The zero-order valence-corrected chi connectivity index (χ0v) is 36.8. The maximum absolute atomic E-state index is 12.9. The van der Waals surface area contributed by atoms with Gasteiger partial charge in [0.1, 0.15) is 6.29 Å². The van der Waals surface area contributed by atoms with E-state index in [-0.39, 0.29) is 54.3 Å². The van der Waals surface area contributed by atoms with Crippen LogP contribution >= 0.6 is 0 Å². The summed E-state index contributed by atoms with van der Waals surface area (Å²) < 4.78 is 14.5. The third-order valence-corrected chi connectivity index (χ3v) is 12.2. The van der Waals surface area contributed by atoms with Crippen LogP contribution in [0.3, 0.4) is 0 Å². The van der Waals surface area contributed by atoms with Crippen molar-refractivity contribution in [2.75, 3.05) is 23.8 Å². The normalized spacial score (nSPS) is 18.4. The molecular weight excluding hydrogens is 813 g/mol. The average molecular weight is 869 g/mol. The lowest BCUT2D eigenvalue weighted by Crippen LogP contribution is -2.26. The van der Waals surface area contributed by atoms with Gasteiger partial charge in [0.05, 0.1) is 53.7 Å². The molecule has 2 fully saturated rings. The smallest absolute Gasteiger partial charge is 0.308 e. The van der Waals surface area contributed by atoms with Crippen molar-refractivity contribution in [3.63, 3.8) is 0 Å². The molecule has 334 valence electrons. The van der Waals surface area contributed by atoms with E-state index >= 15 is 0 Å². The number of aliphatic hydroxyl groups is 1. The van der Waals surface area contributed by atoms with Gasteiger partial charge in [-0.3, -0.25) is 34.6 Å². The van der Waals surface area contributed by atoms with Crippen molar-refractivity contribution in [1.82, 2.24) is 19.1 Å². The Morgan fingerprint density at radius 1 is 0.641 bits per heavy atom. The van der Waals surface area contributed by atoms with E-state index in [1.807, 2.05) is 92.9 Å². The third kappa shape index (κ3) is 10.4. The first-order chi connectivity index (χ1) is 31.0. The molecule has 2 aliphatic carbocycles. The number of aryl methyl sites for hydroxylation is 2. The van der Waals surface area contributed by atoms with Crippen LogP contribution in [0.1, 0.15) is 125 Å². The van der Waals surface area contributed by atoms with Crippen molar-refractivity contribution < 1.29 is 38.6 Å². The summed E-state index contributed by atoms with van der Waals surface area (Å²) in [6.45, 7) is 8.24. The van der Waals surface area contributed by atoms with Gasteiger partial charge < -0.3 is 23.7 Å². The van der Waals surface area contributed by atoms with Crippen LogP contribution in [0.15, 0.2) is 84.9 Å². The number of carbonyl (C=O) groups excluding carboxylic acids is 5. The molecule has 2 aliphatic rings. The number of nitrogens with one attached hydrogen (secondary N) is 2. The molecule has 2 heterocycles. The van der Waals surface area contributed by atoms with Crippen LogP contribution in [0.25, 0.3) is 22.1 Å². The van der Waals surface area contributed by atoms with Gasteiger partial charge in [-0.25, -0.2) is 9.97 Å². The van der Waals surface area contributed by atoms with E-state index in [4.69, 9.17) is 14.5 Å². The van der Waals surface area contributed by atoms with Gasteiger partial charge in [0.25, 0.3) is 11.8 Å². The number of rotatable bonds is 12. The molecule has 0 saturated heterocycles. The number of ether oxygens (including phenoxy) is 2. The number of anilines is 2. The Hall–Kier alpha value is -6.67. The summed E-state index contributed by atoms with van der Waals surface area (Å²) >= 11 is 0. The van der Waals surface area contributed by atoms with Gasteiger partial charge >= 0.3 is 11.9 Å². The van der Waals surface area contributed by atoms with Crippen LogP contribution < -0.4 is 10.6 Å². The van der Waals surface area contributed by atoms with E-state index in [0.717, 1.165) is 90.9 Å². The zero-order valence-electron chi connectivity index (χ0n) is 36.8. The van der Waals surface area contributed by atoms with Crippen LogP contribution in [0, 0.1) is 25.7 Å². The largest absolute Gasteiger partial charge is 0.466 e. The number of amides is 2. The fourth-order valence-corrected chi connectivity index (χ4v) is 8.93. The minimum atomic E-state index is -0.235. The molecule has 64 heavy (non-hydrogen) atoms. The number of esters is 2. The lowest BCUT2D eigenvalue weighted by atomic mass is 9.86. The second-order valence-electron chi connectivity index (χ2n) is 16.6. The Balaban J connectivity index is 0.000000191. The number of hydrogen-bond donors (Lipinski definition) is 3. The molecule has 2 aromatic heterocycles. The molecule has 0 aliphatic heterocycles. The standard InChI is InChI=1S/C25H29N3O4.C25H27N3O4/c2*1-3-32-24(31)18-8-10-20(11-9-18)28-22-12-7-17(15-29)14-21(22)26-25(28)27-23(30)19-6-4-5-16(2)13-19/h4-7,12-14,18,20,29H,3,8-11,15H2,1-2H3,(H,26,27,30);4-7,12-15,18,20H,3,8-11H2,1-2H3,(H,26,27,30). The number of fused-ring (bicyclic) bond motifs is 2. The first-order valence-corrected chi connectivity index (χ1v) is 22.2. The highest BCUT2D eigenvalue weighted by atomic mass is 16.5. The highest BCUT2D eigenvalue weighted by Gasteiger charge is 2.32. The van der Waals surface area contributed by atoms with Crippen LogP contribution in [0.2, 0.25) is 0 Å². The molecule has 2 saturated carbocycles. The van der Waals surface area contributed by atoms with Crippen LogP contribution in [0.5, 0.6) is 0 Å². The predicted molar refractivity (Wildman–Crippen MR) is 244 cm³/mol. The predicted octanol–water partition coefficient (Wildman–Crippen LogP) is 9.09. The number of nitrogens with zero attached hydrogens (tertiary/aromatic N) is 4. The second kappa shape index (κ2) is 20.7. The summed E-state index contributed by atoms with van der Waals surface area (Å²) in [4.78, 5) is 70.8. The van der Waals surface area contributed by atoms with Gasteiger partial charge in [0.2, 0.25) is 11.9 Å². The summed E-state index contributed by atoms with van der Waals surface area (Å²) in [6.07, 6.45) is 6.85. The average Bonchev–Trinajstić information content (AvgIpc) is 3.85. The van der Waals surface area contributed by atoms with Gasteiger partial charge in [0, 0.05) is 28.8 Å².